The lowest BCUT2D eigenvalue weighted by atomic mass is 10.2. The Morgan fingerprint density at radius 3 is 2.73 bits per heavy atom. The van der Waals surface area contributed by atoms with E-state index in [2.05, 4.69) is 23.8 Å². The van der Waals surface area contributed by atoms with E-state index in [-0.39, 0.29) is 0 Å². The maximum atomic E-state index is 5.23. The zero-order chi connectivity index (χ0) is 11.3. The number of nitrogens with zero attached hydrogens (tertiary/aromatic N) is 1. The zero-order valence-electron chi connectivity index (χ0n) is 9.59. The Hall–Kier alpha value is -0.350. The van der Waals surface area contributed by atoms with Gasteiger partial charge in [0, 0.05) is 11.3 Å². The zero-order valence-corrected chi connectivity index (χ0v) is 11.2. The van der Waals surface area contributed by atoms with Crippen LogP contribution >= 0.6 is 24.0 Å². The Morgan fingerprint density at radius 2 is 2.13 bits per heavy atom. The van der Waals surface area contributed by atoms with E-state index >= 15 is 0 Å². The molecule has 0 unspecified atom stereocenters. The van der Waals surface area contributed by atoms with E-state index in [9.17, 15) is 0 Å². The van der Waals surface area contributed by atoms with Gasteiger partial charge in [-0.2, -0.15) is 11.8 Å². The second-order valence-corrected chi connectivity index (χ2v) is 4.99. The van der Waals surface area contributed by atoms with Crippen molar-refractivity contribution in [3.8, 4) is 0 Å². The van der Waals surface area contributed by atoms with E-state index in [1.165, 1.54) is 17.9 Å². The van der Waals surface area contributed by atoms with Crippen molar-refractivity contribution in [2.24, 2.45) is 0 Å². The Balaban J connectivity index is 2.82. The first-order valence-corrected chi connectivity index (χ1v) is 6.91. The highest BCUT2D eigenvalue weighted by Gasteiger charge is 2.02. The summed E-state index contributed by atoms with van der Waals surface area (Å²) in [6, 6.07) is 0. The molecule has 0 radical (unpaired) electrons. The van der Waals surface area contributed by atoms with Gasteiger partial charge in [0.05, 0.1) is 5.75 Å². The fourth-order valence-electron chi connectivity index (χ4n) is 1.37. The Bertz CT molecular complexity index is 371. The number of hydrogen-bond donors (Lipinski definition) is 1. The molecule has 0 aliphatic carbocycles. The maximum Gasteiger partial charge on any atom is 0.132 e. The molecule has 0 amide bonds. The van der Waals surface area contributed by atoms with Crippen LogP contribution in [0.4, 0.5) is 0 Å². The van der Waals surface area contributed by atoms with Gasteiger partial charge in [0.2, 0.25) is 0 Å². The summed E-state index contributed by atoms with van der Waals surface area (Å²) in [6.45, 7) is 6.36. The van der Waals surface area contributed by atoms with Crippen molar-refractivity contribution in [2.75, 3.05) is 5.75 Å². The van der Waals surface area contributed by atoms with Gasteiger partial charge in [0.25, 0.3) is 0 Å². The summed E-state index contributed by atoms with van der Waals surface area (Å²) in [5, 5.41) is 0. The van der Waals surface area contributed by atoms with Crippen LogP contribution in [0.3, 0.4) is 0 Å². The van der Waals surface area contributed by atoms with E-state index < -0.39 is 0 Å². The van der Waals surface area contributed by atoms with Gasteiger partial charge in [-0.05, 0) is 25.5 Å². The second-order valence-electron chi connectivity index (χ2n) is 3.50. The quantitative estimate of drug-likeness (QED) is 0.631. The molecule has 0 aromatic carbocycles. The molecule has 84 valence electrons. The van der Waals surface area contributed by atoms with Crippen LogP contribution < -0.4 is 0 Å². The van der Waals surface area contributed by atoms with Crippen LogP contribution in [-0.2, 0) is 12.2 Å². The van der Waals surface area contributed by atoms with Crippen molar-refractivity contribution >= 4 is 24.0 Å². The number of hydrogen-bond acceptors (Lipinski definition) is 3. The lowest BCUT2D eigenvalue weighted by molar-refractivity contribution is 0.909. The second kappa shape index (κ2) is 6.28. The SMILES string of the molecule is CCCSCc1nc(=S)c(C)c(CC)[nH]1. The summed E-state index contributed by atoms with van der Waals surface area (Å²) in [5.74, 6) is 3.13. The molecule has 1 N–H and O–H groups in total. The molecule has 0 saturated carbocycles. The molecule has 0 bridgehead atoms. The average Bonchev–Trinajstić information content (AvgIpc) is 2.23. The topological polar surface area (TPSA) is 28.7 Å². The number of aromatic amines is 1. The number of nitrogens with one attached hydrogen (secondary N) is 1. The molecule has 1 aromatic heterocycles. The lowest BCUT2D eigenvalue weighted by Crippen LogP contribution is -2.01. The van der Waals surface area contributed by atoms with Gasteiger partial charge in [-0.25, -0.2) is 4.98 Å². The third kappa shape index (κ3) is 3.61. The highest BCUT2D eigenvalue weighted by molar-refractivity contribution is 7.98. The van der Waals surface area contributed by atoms with Gasteiger partial charge in [0.1, 0.15) is 10.5 Å². The van der Waals surface area contributed by atoms with E-state index in [0.29, 0.717) is 0 Å². The molecule has 4 heteroatoms. The molecule has 0 aliphatic rings. The molecule has 0 atom stereocenters. The molecule has 0 saturated heterocycles. The van der Waals surface area contributed by atoms with Gasteiger partial charge < -0.3 is 4.98 Å². The standard InChI is InChI=1S/C11H18N2S2/c1-4-6-15-7-10-12-9(5-2)8(3)11(14)13-10/h4-7H2,1-3H3,(H,12,13,14). The van der Waals surface area contributed by atoms with Gasteiger partial charge in [-0.3, -0.25) is 0 Å². The normalized spacial score (nSPS) is 10.6. The summed E-state index contributed by atoms with van der Waals surface area (Å²) in [6.07, 6.45) is 2.20. The third-order valence-corrected chi connectivity index (χ3v) is 3.82. The van der Waals surface area contributed by atoms with Gasteiger partial charge in [-0.1, -0.05) is 26.1 Å². The fraction of sp³-hybridized carbons (Fsp3) is 0.636. The van der Waals surface area contributed by atoms with Crippen molar-refractivity contribution < 1.29 is 0 Å². The predicted octanol–water partition coefficient (Wildman–Crippen LogP) is 3.65. The molecule has 1 heterocycles. The van der Waals surface area contributed by atoms with Crippen molar-refractivity contribution in [1.29, 1.82) is 0 Å². The highest BCUT2D eigenvalue weighted by Crippen LogP contribution is 2.13. The number of aryl methyl sites for hydroxylation is 1. The number of H-pyrrole nitrogens is 1. The number of rotatable bonds is 5. The molecular formula is C11H18N2S2. The maximum absolute atomic E-state index is 5.23. The van der Waals surface area contributed by atoms with Crippen LogP contribution in [-0.4, -0.2) is 15.7 Å². The molecule has 0 fully saturated rings. The minimum absolute atomic E-state index is 0.748. The summed E-state index contributed by atoms with van der Waals surface area (Å²) < 4.78 is 0.748. The third-order valence-electron chi connectivity index (χ3n) is 2.25. The Labute approximate surface area is 101 Å². The van der Waals surface area contributed by atoms with Crippen LogP contribution in [0.5, 0.6) is 0 Å². The largest absolute Gasteiger partial charge is 0.346 e. The molecule has 1 rings (SSSR count). The van der Waals surface area contributed by atoms with Crippen molar-refractivity contribution in [3.63, 3.8) is 0 Å². The smallest absolute Gasteiger partial charge is 0.132 e. The van der Waals surface area contributed by atoms with Crippen LogP contribution in [0.2, 0.25) is 0 Å². The van der Waals surface area contributed by atoms with Crippen molar-refractivity contribution in [1.82, 2.24) is 9.97 Å². The monoisotopic (exact) mass is 242 g/mol. The fourth-order valence-corrected chi connectivity index (χ4v) is 2.36. The summed E-state index contributed by atoms with van der Waals surface area (Å²) >= 11 is 7.13. The molecule has 0 aliphatic heterocycles. The summed E-state index contributed by atoms with van der Waals surface area (Å²) in [4.78, 5) is 7.76. The van der Waals surface area contributed by atoms with E-state index in [4.69, 9.17) is 12.2 Å². The van der Waals surface area contributed by atoms with Crippen LogP contribution in [0.15, 0.2) is 0 Å². The average molecular weight is 242 g/mol. The molecule has 15 heavy (non-hydrogen) atoms. The molecular weight excluding hydrogens is 224 g/mol. The first-order chi connectivity index (χ1) is 7.19. The van der Waals surface area contributed by atoms with E-state index in [0.717, 1.165) is 28.2 Å². The van der Waals surface area contributed by atoms with E-state index in [1.54, 1.807) is 0 Å². The van der Waals surface area contributed by atoms with Gasteiger partial charge in [0.15, 0.2) is 0 Å². The molecule has 1 aromatic rings. The Kier molecular flexibility index (Phi) is 5.32. The van der Waals surface area contributed by atoms with Gasteiger partial charge in [-0.15, -0.1) is 0 Å². The minimum atomic E-state index is 0.748. The lowest BCUT2D eigenvalue weighted by Gasteiger charge is -2.07. The van der Waals surface area contributed by atoms with E-state index in [1.807, 2.05) is 18.7 Å². The number of thioether (sulfide) groups is 1. The van der Waals surface area contributed by atoms with Crippen molar-refractivity contribution in [3.05, 3.63) is 21.7 Å². The van der Waals surface area contributed by atoms with Crippen molar-refractivity contribution in [2.45, 2.75) is 39.4 Å². The number of aromatic nitrogens is 2. The van der Waals surface area contributed by atoms with Crippen LogP contribution in [0.1, 0.15) is 37.4 Å². The molecule has 2 nitrogen and oxygen atoms in total. The summed E-state index contributed by atoms with van der Waals surface area (Å²) in [7, 11) is 0. The molecule has 0 spiro atoms. The predicted molar refractivity (Wildman–Crippen MR) is 70.0 cm³/mol. The highest BCUT2D eigenvalue weighted by atomic mass is 32.2. The first kappa shape index (κ1) is 12.7. The Morgan fingerprint density at radius 1 is 1.40 bits per heavy atom. The summed E-state index contributed by atoms with van der Waals surface area (Å²) in [5.41, 5.74) is 2.35. The minimum Gasteiger partial charge on any atom is -0.346 e. The van der Waals surface area contributed by atoms with Crippen LogP contribution in [0.25, 0.3) is 0 Å². The first-order valence-electron chi connectivity index (χ1n) is 5.35. The van der Waals surface area contributed by atoms with Gasteiger partial charge >= 0.3 is 0 Å². The van der Waals surface area contributed by atoms with Crippen LogP contribution in [0, 0.1) is 11.6 Å².